The third kappa shape index (κ3) is 6.15. The number of anilines is 3. The summed E-state index contributed by atoms with van der Waals surface area (Å²) in [6.45, 7) is 6.74. The van der Waals surface area contributed by atoms with Crippen LogP contribution in [0.15, 0.2) is 188 Å². The van der Waals surface area contributed by atoms with E-state index in [0.29, 0.717) is 0 Å². The van der Waals surface area contributed by atoms with Crippen molar-refractivity contribution in [2.75, 3.05) is 4.90 Å². The first-order valence-corrected chi connectivity index (χ1v) is 20.1. The Balaban J connectivity index is 0.992. The van der Waals surface area contributed by atoms with Crippen LogP contribution in [0.3, 0.4) is 0 Å². The lowest BCUT2D eigenvalue weighted by atomic mass is 9.91. The van der Waals surface area contributed by atoms with Gasteiger partial charge in [0.1, 0.15) is 0 Å². The summed E-state index contributed by atoms with van der Waals surface area (Å²) >= 11 is 0. The molecule has 0 saturated heterocycles. The summed E-state index contributed by atoms with van der Waals surface area (Å²) in [4.78, 5) is 2.42. The van der Waals surface area contributed by atoms with Crippen molar-refractivity contribution in [3.05, 3.63) is 210 Å². The fourth-order valence-electron chi connectivity index (χ4n) is 8.94. The SMILES string of the molecule is CCC1=Cc2cc(-c3ccccc3)n(-c3ccc(-c4cc(C)c(-c5ccc(N(c6cccc7ccccc67)c6cccc7ccccc67)cc5)cc4C)cc3)c2C1. The highest BCUT2D eigenvalue weighted by Gasteiger charge is 2.22. The summed E-state index contributed by atoms with van der Waals surface area (Å²) in [5.74, 6) is 0. The molecule has 0 spiro atoms. The Kier molecular flexibility index (Phi) is 8.68. The third-order valence-electron chi connectivity index (χ3n) is 11.9. The fourth-order valence-corrected chi connectivity index (χ4v) is 8.94. The van der Waals surface area contributed by atoms with Crippen LogP contribution in [0.25, 0.3) is 66.8 Å². The van der Waals surface area contributed by atoms with Crippen molar-refractivity contribution in [3.63, 3.8) is 0 Å². The molecule has 0 fully saturated rings. The van der Waals surface area contributed by atoms with Gasteiger partial charge in [0, 0.05) is 34.3 Å². The molecule has 0 N–H and O–H groups in total. The van der Waals surface area contributed by atoms with E-state index in [1.54, 1.807) is 0 Å². The minimum atomic E-state index is 1.01. The molecular weight excluding hydrogens is 689 g/mol. The average Bonchev–Trinajstić information content (AvgIpc) is 3.84. The maximum Gasteiger partial charge on any atom is 0.0540 e. The van der Waals surface area contributed by atoms with Crippen molar-refractivity contribution in [2.45, 2.75) is 33.6 Å². The monoisotopic (exact) mass is 732 g/mol. The number of fused-ring (bicyclic) bond motifs is 3. The molecule has 1 heterocycles. The number of rotatable bonds is 8. The summed E-state index contributed by atoms with van der Waals surface area (Å²) in [6.07, 6.45) is 4.48. The van der Waals surface area contributed by atoms with Crippen LogP contribution < -0.4 is 4.90 Å². The Morgan fingerprint density at radius 1 is 0.509 bits per heavy atom. The number of allylic oxidation sites excluding steroid dienone is 1. The Bertz CT molecular complexity index is 2870. The van der Waals surface area contributed by atoms with Crippen LogP contribution in [0.4, 0.5) is 17.1 Å². The second kappa shape index (κ2) is 14.3. The van der Waals surface area contributed by atoms with Gasteiger partial charge in [0.25, 0.3) is 0 Å². The third-order valence-corrected chi connectivity index (χ3v) is 11.9. The number of aryl methyl sites for hydroxylation is 2. The van der Waals surface area contributed by atoms with E-state index in [2.05, 4.69) is 218 Å². The van der Waals surface area contributed by atoms with Gasteiger partial charge in [-0.05, 0) is 118 Å². The van der Waals surface area contributed by atoms with Gasteiger partial charge in [-0.25, -0.2) is 0 Å². The zero-order chi connectivity index (χ0) is 38.5. The van der Waals surface area contributed by atoms with Gasteiger partial charge < -0.3 is 9.47 Å². The van der Waals surface area contributed by atoms with E-state index < -0.39 is 0 Å². The molecule has 0 bridgehead atoms. The van der Waals surface area contributed by atoms with Crippen LogP contribution >= 0.6 is 0 Å². The molecule has 274 valence electrons. The van der Waals surface area contributed by atoms with Gasteiger partial charge in [0.05, 0.1) is 17.1 Å². The van der Waals surface area contributed by atoms with Crippen LogP contribution in [0, 0.1) is 13.8 Å². The van der Waals surface area contributed by atoms with Crippen LogP contribution in [-0.2, 0) is 6.42 Å². The largest absolute Gasteiger partial charge is 0.313 e. The smallest absolute Gasteiger partial charge is 0.0540 e. The van der Waals surface area contributed by atoms with Crippen LogP contribution in [0.2, 0.25) is 0 Å². The lowest BCUT2D eigenvalue weighted by molar-refractivity contribution is 0.936. The topological polar surface area (TPSA) is 8.17 Å². The molecule has 10 rings (SSSR count). The maximum absolute atomic E-state index is 2.47. The van der Waals surface area contributed by atoms with Crippen molar-refractivity contribution in [2.24, 2.45) is 0 Å². The number of hydrogen-bond donors (Lipinski definition) is 0. The second-order valence-corrected chi connectivity index (χ2v) is 15.4. The summed E-state index contributed by atoms with van der Waals surface area (Å²) in [5, 5.41) is 4.91. The maximum atomic E-state index is 2.47. The summed E-state index contributed by atoms with van der Waals surface area (Å²) in [7, 11) is 0. The molecule has 0 atom stereocenters. The molecule has 0 aliphatic heterocycles. The molecular formula is C55H44N2. The molecule has 1 aliphatic carbocycles. The quantitative estimate of drug-likeness (QED) is 0.151. The molecule has 0 radical (unpaired) electrons. The van der Waals surface area contributed by atoms with Gasteiger partial charge in [0.15, 0.2) is 0 Å². The summed E-state index contributed by atoms with van der Waals surface area (Å²) < 4.78 is 2.47. The van der Waals surface area contributed by atoms with E-state index in [-0.39, 0.29) is 0 Å². The lowest BCUT2D eigenvalue weighted by Gasteiger charge is -2.28. The minimum absolute atomic E-state index is 1.01. The van der Waals surface area contributed by atoms with Gasteiger partial charge in [-0.3, -0.25) is 0 Å². The van der Waals surface area contributed by atoms with Gasteiger partial charge >= 0.3 is 0 Å². The first-order valence-electron chi connectivity index (χ1n) is 20.1. The van der Waals surface area contributed by atoms with Gasteiger partial charge in [0.2, 0.25) is 0 Å². The van der Waals surface area contributed by atoms with Crippen molar-refractivity contribution < 1.29 is 0 Å². The van der Waals surface area contributed by atoms with Gasteiger partial charge in [-0.15, -0.1) is 0 Å². The molecule has 57 heavy (non-hydrogen) atoms. The highest BCUT2D eigenvalue weighted by Crippen LogP contribution is 2.43. The first-order chi connectivity index (χ1) is 28.0. The van der Waals surface area contributed by atoms with E-state index in [1.807, 2.05) is 0 Å². The molecule has 0 saturated carbocycles. The summed E-state index contributed by atoms with van der Waals surface area (Å²) in [5.41, 5.74) is 18.9. The van der Waals surface area contributed by atoms with Crippen molar-refractivity contribution in [3.8, 4) is 39.2 Å². The molecule has 1 aromatic heterocycles. The highest BCUT2D eigenvalue weighted by atomic mass is 15.1. The molecule has 2 heteroatoms. The number of aromatic nitrogens is 1. The standard InChI is InChI=1S/C55H44N2/c1-4-39-34-45-36-55(44-16-6-5-7-17-44)57(54(45)35-39)47-30-26-43(27-31-47)51-33-37(2)50(32-38(51)3)42-24-28-46(29-25-42)56(52-22-12-18-40-14-8-10-20-48(40)52)53-23-13-19-41-15-9-11-21-49(41)53/h5-34,36H,4,35H2,1-3H3. The molecule has 8 aromatic carbocycles. The van der Waals surface area contributed by atoms with E-state index in [4.69, 9.17) is 0 Å². The predicted molar refractivity (Wildman–Crippen MR) is 243 cm³/mol. The highest BCUT2D eigenvalue weighted by molar-refractivity contribution is 6.04. The molecule has 2 nitrogen and oxygen atoms in total. The average molecular weight is 733 g/mol. The zero-order valence-corrected chi connectivity index (χ0v) is 32.7. The first kappa shape index (κ1) is 34.6. The van der Waals surface area contributed by atoms with Crippen LogP contribution in [-0.4, -0.2) is 4.57 Å². The van der Waals surface area contributed by atoms with Crippen LogP contribution in [0.5, 0.6) is 0 Å². The fraction of sp³-hybridized carbons (Fsp3) is 0.0909. The van der Waals surface area contributed by atoms with Crippen LogP contribution in [0.1, 0.15) is 35.7 Å². The number of benzene rings is 8. The van der Waals surface area contributed by atoms with Crippen molar-refractivity contribution >= 4 is 44.7 Å². The number of nitrogens with zero attached hydrogens (tertiary/aromatic N) is 2. The molecule has 0 amide bonds. The van der Waals surface area contributed by atoms with Crippen molar-refractivity contribution in [1.82, 2.24) is 4.57 Å². The Morgan fingerprint density at radius 2 is 1.04 bits per heavy atom. The molecule has 9 aromatic rings. The normalized spacial score (nSPS) is 12.2. The zero-order valence-electron chi connectivity index (χ0n) is 32.7. The van der Waals surface area contributed by atoms with E-state index in [9.17, 15) is 0 Å². The van der Waals surface area contributed by atoms with E-state index in [1.165, 1.54) is 100 Å². The number of hydrogen-bond acceptors (Lipinski definition) is 1. The van der Waals surface area contributed by atoms with E-state index in [0.717, 1.165) is 18.5 Å². The second-order valence-electron chi connectivity index (χ2n) is 15.4. The minimum Gasteiger partial charge on any atom is -0.313 e. The predicted octanol–water partition coefficient (Wildman–Crippen LogP) is 15.2. The van der Waals surface area contributed by atoms with Crippen molar-refractivity contribution in [1.29, 1.82) is 0 Å². The Hall–Kier alpha value is -6.90. The summed E-state index contributed by atoms with van der Waals surface area (Å²) in [6, 6.07) is 66.7. The Morgan fingerprint density at radius 3 is 1.61 bits per heavy atom. The van der Waals surface area contributed by atoms with Gasteiger partial charge in [-0.1, -0.05) is 158 Å². The van der Waals surface area contributed by atoms with E-state index >= 15 is 0 Å². The molecule has 0 unspecified atom stereocenters. The molecule has 1 aliphatic rings. The lowest BCUT2D eigenvalue weighted by Crippen LogP contribution is -2.11. The Labute approximate surface area is 335 Å². The van der Waals surface area contributed by atoms with Gasteiger partial charge in [-0.2, -0.15) is 0 Å².